The molecule has 1 heterocycles. The summed E-state index contributed by atoms with van der Waals surface area (Å²) in [6, 6.07) is 0.452. The van der Waals surface area contributed by atoms with Crippen LogP contribution in [-0.2, 0) is 0 Å². The third-order valence-electron chi connectivity index (χ3n) is 4.01. The predicted molar refractivity (Wildman–Crippen MR) is 74.9 cm³/mol. The van der Waals surface area contributed by atoms with E-state index in [2.05, 4.69) is 41.8 Å². The second kappa shape index (κ2) is 4.30. The molecule has 0 spiro atoms. The lowest BCUT2D eigenvalue weighted by Crippen LogP contribution is -2.31. The van der Waals surface area contributed by atoms with Gasteiger partial charge in [0.2, 0.25) is 0 Å². The van der Waals surface area contributed by atoms with Crippen molar-refractivity contribution in [3.8, 4) is 0 Å². The fourth-order valence-corrected chi connectivity index (χ4v) is 3.36. The van der Waals surface area contributed by atoms with Crippen LogP contribution in [0.25, 0.3) is 0 Å². The number of hydrogen-bond donors (Lipinski definition) is 1. The molecule has 0 aromatic carbocycles. The Morgan fingerprint density at radius 2 is 2.12 bits per heavy atom. The summed E-state index contributed by atoms with van der Waals surface area (Å²) >= 11 is 3.50. The maximum absolute atomic E-state index is 6.12. The standard InChI is InChI=1S/C13H22BrN3/c1-8-7-13(3,4)6-5-10(8)17-12(15)11(14)9(2)16-17/h8,10H,5-7,15H2,1-4H3. The van der Waals surface area contributed by atoms with Crippen LogP contribution in [0.5, 0.6) is 0 Å². The smallest absolute Gasteiger partial charge is 0.136 e. The van der Waals surface area contributed by atoms with Gasteiger partial charge in [0.25, 0.3) is 0 Å². The summed E-state index contributed by atoms with van der Waals surface area (Å²) in [5.41, 5.74) is 7.57. The molecular formula is C13H22BrN3. The van der Waals surface area contributed by atoms with Crippen molar-refractivity contribution in [3.05, 3.63) is 10.2 Å². The van der Waals surface area contributed by atoms with Crippen LogP contribution < -0.4 is 5.73 Å². The minimum Gasteiger partial charge on any atom is -0.383 e. The van der Waals surface area contributed by atoms with Crippen LogP contribution in [0.2, 0.25) is 0 Å². The van der Waals surface area contributed by atoms with Gasteiger partial charge in [-0.1, -0.05) is 20.8 Å². The van der Waals surface area contributed by atoms with E-state index < -0.39 is 0 Å². The van der Waals surface area contributed by atoms with Crippen molar-refractivity contribution < 1.29 is 0 Å². The Kier molecular flexibility index (Phi) is 3.27. The third-order valence-corrected chi connectivity index (χ3v) is 4.99. The van der Waals surface area contributed by atoms with Crippen LogP contribution in [-0.4, -0.2) is 9.78 Å². The normalized spacial score (nSPS) is 28.3. The van der Waals surface area contributed by atoms with E-state index in [4.69, 9.17) is 5.73 Å². The number of nitrogen functional groups attached to an aromatic ring is 1. The third kappa shape index (κ3) is 2.37. The molecule has 4 heteroatoms. The predicted octanol–water partition coefficient (Wildman–Crippen LogP) is 3.92. The average molecular weight is 300 g/mol. The van der Waals surface area contributed by atoms with Crippen molar-refractivity contribution in [2.75, 3.05) is 5.73 Å². The molecule has 2 N–H and O–H groups in total. The van der Waals surface area contributed by atoms with Crippen LogP contribution in [0, 0.1) is 18.3 Å². The molecule has 1 aromatic heterocycles. The average Bonchev–Trinajstić information content (AvgIpc) is 2.45. The van der Waals surface area contributed by atoms with Gasteiger partial charge in [0, 0.05) is 0 Å². The SMILES string of the molecule is Cc1nn(C2CCC(C)(C)CC2C)c(N)c1Br. The minimum absolute atomic E-state index is 0.452. The van der Waals surface area contributed by atoms with Crippen molar-refractivity contribution in [2.24, 2.45) is 11.3 Å². The molecular weight excluding hydrogens is 278 g/mol. The second-order valence-electron chi connectivity index (χ2n) is 6.18. The molecule has 2 rings (SSSR count). The number of nitrogens with two attached hydrogens (primary N) is 1. The lowest BCUT2D eigenvalue weighted by atomic mass is 9.70. The van der Waals surface area contributed by atoms with Gasteiger partial charge in [0.05, 0.1) is 16.2 Å². The van der Waals surface area contributed by atoms with Gasteiger partial charge in [0.1, 0.15) is 5.82 Å². The number of aryl methyl sites for hydroxylation is 1. The van der Waals surface area contributed by atoms with E-state index >= 15 is 0 Å². The number of hydrogen-bond acceptors (Lipinski definition) is 2. The molecule has 96 valence electrons. The fraction of sp³-hybridized carbons (Fsp3) is 0.769. The maximum atomic E-state index is 6.12. The highest BCUT2D eigenvalue weighted by Gasteiger charge is 2.34. The largest absolute Gasteiger partial charge is 0.383 e. The van der Waals surface area contributed by atoms with E-state index in [0.717, 1.165) is 16.0 Å². The van der Waals surface area contributed by atoms with Gasteiger partial charge in [-0.3, -0.25) is 0 Å². The quantitative estimate of drug-likeness (QED) is 0.854. The van der Waals surface area contributed by atoms with E-state index in [1.165, 1.54) is 19.3 Å². The summed E-state index contributed by atoms with van der Waals surface area (Å²) in [6.45, 7) is 9.02. The zero-order valence-electron chi connectivity index (χ0n) is 11.1. The van der Waals surface area contributed by atoms with Crippen LogP contribution in [0.15, 0.2) is 4.47 Å². The van der Waals surface area contributed by atoms with Crippen LogP contribution >= 0.6 is 15.9 Å². The van der Waals surface area contributed by atoms with E-state index in [0.29, 0.717) is 17.4 Å². The van der Waals surface area contributed by atoms with Crippen LogP contribution in [0.3, 0.4) is 0 Å². The molecule has 0 bridgehead atoms. The summed E-state index contributed by atoms with van der Waals surface area (Å²) < 4.78 is 2.98. The molecule has 17 heavy (non-hydrogen) atoms. The lowest BCUT2D eigenvalue weighted by Gasteiger charge is -2.39. The molecule has 1 aromatic rings. The first-order valence-corrected chi connectivity index (χ1v) is 7.11. The molecule has 1 aliphatic carbocycles. The van der Waals surface area contributed by atoms with E-state index in [1.807, 2.05) is 11.6 Å². The van der Waals surface area contributed by atoms with Crippen molar-refractivity contribution in [3.63, 3.8) is 0 Å². The van der Waals surface area contributed by atoms with Gasteiger partial charge in [-0.15, -0.1) is 0 Å². The number of halogens is 1. The van der Waals surface area contributed by atoms with Gasteiger partial charge >= 0.3 is 0 Å². The zero-order valence-corrected chi connectivity index (χ0v) is 12.7. The molecule has 0 amide bonds. The second-order valence-corrected chi connectivity index (χ2v) is 6.97. The van der Waals surface area contributed by atoms with E-state index in [1.54, 1.807) is 0 Å². The molecule has 3 nitrogen and oxygen atoms in total. The Hall–Kier alpha value is -0.510. The highest BCUT2D eigenvalue weighted by Crippen LogP contribution is 2.45. The Morgan fingerprint density at radius 1 is 1.47 bits per heavy atom. The molecule has 2 unspecified atom stereocenters. The van der Waals surface area contributed by atoms with Gasteiger partial charge in [-0.2, -0.15) is 5.10 Å². The van der Waals surface area contributed by atoms with E-state index in [9.17, 15) is 0 Å². The van der Waals surface area contributed by atoms with Crippen LogP contribution in [0.1, 0.15) is 51.8 Å². The first-order chi connectivity index (χ1) is 7.82. The van der Waals surface area contributed by atoms with Gasteiger partial charge in [0.15, 0.2) is 0 Å². The Labute approximate surface area is 112 Å². The number of anilines is 1. The summed E-state index contributed by atoms with van der Waals surface area (Å²) in [5.74, 6) is 1.41. The Morgan fingerprint density at radius 3 is 2.59 bits per heavy atom. The first-order valence-electron chi connectivity index (χ1n) is 6.32. The summed E-state index contributed by atoms with van der Waals surface area (Å²) in [7, 11) is 0. The molecule has 2 atom stereocenters. The fourth-order valence-electron chi connectivity index (χ4n) is 3.09. The number of rotatable bonds is 1. The van der Waals surface area contributed by atoms with Gasteiger partial charge in [-0.25, -0.2) is 4.68 Å². The Bertz CT molecular complexity index is 423. The molecule has 1 saturated carbocycles. The van der Waals surface area contributed by atoms with Crippen molar-refractivity contribution in [1.29, 1.82) is 0 Å². The Balaban J connectivity index is 2.26. The molecule has 1 aliphatic rings. The summed E-state index contributed by atoms with van der Waals surface area (Å²) in [6.07, 6.45) is 3.66. The van der Waals surface area contributed by atoms with Crippen molar-refractivity contribution in [2.45, 2.75) is 53.0 Å². The first kappa shape index (κ1) is 12.9. The van der Waals surface area contributed by atoms with Crippen molar-refractivity contribution in [1.82, 2.24) is 9.78 Å². The lowest BCUT2D eigenvalue weighted by molar-refractivity contribution is 0.127. The summed E-state index contributed by atoms with van der Waals surface area (Å²) in [5, 5.41) is 4.58. The molecule has 0 radical (unpaired) electrons. The highest BCUT2D eigenvalue weighted by atomic mass is 79.9. The van der Waals surface area contributed by atoms with Gasteiger partial charge in [-0.05, 0) is 53.4 Å². The molecule has 0 aliphatic heterocycles. The van der Waals surface area contributed by atoms with Crippen LogP contribution in [0.4, 0.5) is 5.82 Å². The minimum atomic E-state index is 0.452. The van der Waals surface area contributed by atoms with E-state index in [-0.39, 0.29) is 0 Å². The van der Waals surface area contributed by atoms with Gasteiger partial charge < -0.3 is 5.73 Å². The monoisotopic (exact) mass is 299 g/mol. The molecule has 1 fully saturated rings. The molecule has 0 saturated heterocycles. The zero-order chi connectivity index (χ0) is 12.8. The highest BCUT2D eigenvalue weighted by molar-refractivity contribution is 9.10. The number of nitrogens with zero attached hydrogens (tertiary/aromatic N) is 2. The maximum Gasteiger partial charge on any atom is 0.136 e. The summed E-state index contributed by atoms with van der Waals surface area (Å²) in [4.78, 5) is 0. The number of aromatic nitrogens is 2. The topological polar surface area (TPSA) is 43.8 Å². The van der Waals surface area contributed by atoms with Crippen molar-refractivity contribution >= 4 is 21.7 Å².